The molecule has 0 spiro atoms. The first-order chi connectivity index (χ1) is 24.0. The average Bonchev–Trinajstić information content (AvgIpc) is 3.09. The third kappa shape index (κ3) is 10.1. The molecular weight excluding hydrogens is 648 g/mol. The van der Waals surface area contributed by atoms with Crippen molar-refractivity contribution in [1.82, 2.24) is 0 Å². The van der Waals surface area contributed by atoms with Gasteiger partial charge in [0.1, 0.15) is 23.0 Å². The SMILES string of the molecule is COc1ccc(C[C@H](CCCOC(=O)c2cc(O)cc(O)c2)[C@@H](COC(=O)c2cc(O)cc(O)c2)Cc2ccc(OC)c(OC)c2)cc1OC. The highest BCUT2D eigenvalue weighted by molar-refractivity contribution is 5.91. The summed E-state index contributed by atoms with van der Waals surface area (Å²) in [4.78, 5) is 25.8. The normalized spacial score (nSPS) is 12.0. The van der Waals surface area contributed by atoms with Crippen molar-refractivity contribution in [2.75, 3.05) is 41.7 Å². The zero-order valence-corrected chi connectivity index (χ0v) is 28.4. The summed E-state index contributed by atoms with van der Waals surface area (Å²) in [5.41, 5.74) is 1.84. The summed E-state index contributed by atoms with van der Waals surface area (Å²) in [5, 5.41) is 39.4. The fourth-order valence-electron chi connectivity index (χ4n) is 5.77. The van der Waals surface area contributed by atoms with Crippen molar-refractivity contribution >= 4 is 11.9 Å². The summed E-state index contributed by atoms with van der Waals surface area (Å²) in [6.07, 6.45) is 1.96. The highest BCUT2D eigenvalue weighted by Gasteiger charge is 2.26. The molecule has 0 heterocycles. The maximum atomic E-state index is 13.1. The molecule has 0 aliphatic heterocycles. The van der Waals surface area contributed by atoms with Crippen LogP contribution in [0.25, 0.3) is 0 Å². The molecule has 4 rings (SSSR count). The van der Waals surface area contributed by atoms with Crippen LogP contribution in [-0.4, -0.2) is 74.0 Å². The molecule has 0 fully saturated rings. The summed E-state index contributed by atoms with van der Waals surface area (Å²) in [5.74, 6) is -0.697. The Hall–Kier alpha value is -5.78. The number of benzene rings is 4. The first kappa shape index (κ1) is 37.0. The fourth-order valence-corrected chi connectivity index (χ4v) is 5.77. The number of phenols is 4. The molecule has 4 aromatic rings. The third-order valence-corrected chi connectivity index (χ3v) is 8.22. The number of carbonyl (C=O) groups is 2. The lowest BCUT2D eigenvalue weighted by Crippen LogP contribution is -2.27. The first-order valence-electron chi connectivity index (χ1n) is 15.9. The van der Waals surface area contributed by atoms with Crippen molar-refractivity contribution in [3.05, 3.63) is 95.1 Å². The molecule has 0 aliphatic carbocycles. The van der Waals surface area contributed by atoms with Gasteiger partial charge in [-0.3, -0.25) is 0 Å². The van der Waals surface area contributed by atoms with E-state index in [-0.39, 0.29) is 59.2 Å². The maximum Gasteiger partial charge on any atom is 0.338 e. The van der Waals surface area contributed by atoms with Crippen LogP contribution in [0.1, 0.15) is 44.7 Å². The first-order valence-corrected chi connectivity index (χ1v) is 15.9. The number of esters is 2. The van der Waals surface area contributed by atoms with Gasteiger partial charge in [0.2, 0.25) is 0 Å². The van der Waals surface area contributed by atoms with E-state index < -0.39 is 11.9 Å². The molecule has 266 valence electrons. The summed E-state index contributed by atoms with van der Waals surface area (Å²) in [6, 6.07) is 18.3. The van der Waals surface area contributed by atoms with E-state index in [0.29, 0.717) is 48.7 Å². The van der Waals surface area contributed by atoms with Crippen molar-refractivity contribution in [3.8, 4) is 46.0 Å². The lowest BCUT2D eigenvalue weighted by molar-refractivity contribution is 0.0361. The predicted octanol–water partition coefficient (Wildman–Crippen LogP) is 6.06. The zero-order chi connectivity index (χ0) is 36.2. The van der Waals surface area contributed by atoms with E-state index in [1.54, 1.807) is 34.5 Å². The van der Waals surface area contributed by atoms with Crippen LogP contribution in [0.4, 0.5) is 0 Å². The minimum atomic E-state index is -0.721. The van der Waals surface area contributed by atoms with Crippen LogP contribution in [0, 0.1) is 11.8 Å². The number of phenolic OH excluding ortho intramolecular Hbond substituents is 4. The molecule has 0 aliphatic rings. The maximum absolute atomic E-state index is 13.1. The Morgan fingerprint density at radius 3 is 1.40 bits per heavy atom. The van der Waals surface area contributed by atoms with Crippen molar-refractivity contribution in [2.24, 2.45) is 11.8 Å². The molecule has 0 amide bonds. The Bertz CT molecular complexity index is 1730. The minimum Gasteiger partial charge on any atom is -0.508 e. The number of hydrogen-bond acceptors (Lipinski definition) is 12. The van der Waals surface area contributed by atoms with E-state index in [1.165, 1.54) is 24.3 Å². The van der Waals surface area contributed by atoms with Gasteiger partial charge in [-0.25, -0.2) is 9.59 Å². The number of carbonyl (C=O) groups excluding carboxylic acids is 2. The smallest absolute Gasteiger partial charge is 0.338 e. The predicted molar refractivity (Wildman–Crippen MR) is 183 cm³/mol. The Balaban J connectivity index is 1.62. The molecule has 4 N–H and O–H groups in total. The second-order valence-corrected chi connectivity index (χ2v) is 11.7. The van der Waals surface area contributed by atoms with Gasteiger partial charge in [0, 0.05) is 18.1 Å². The lowest BCUT2D eigenvalue weighted by Gasteiger charge is -2.28. The van der Waals surface area contributed by atoms with E-state index in [4.69, 9.17) is 28.4 Å². The van der Waals surface area contributed by atoms with Gasteiger partial charge < -0.3 is 48.8 Å². The second-order valence-electron chi connectivity index (χ2n) is 11.7. The lowest BCUT2D eigenvalue weighted by atomic mass is 9.80. The van der Waals surface area contributed by atoms with Crippen molar-refractivity contribution in [1.29, 1.82) is 0 Å². The Morgan fingerprint density at radius 1 is 0.540 bits per heavy atom. The summed E-state index contributed by atoms with van der Waals surface area (Å²) < 4.78 is 33.2. The molecule has 0 saturated heterocycles. The zero-order valence-electron chi connectivity index (χ0n) is 28.4. The Labute approximate surface area is 290 Å². The van der Waals surface area contributed by atoms with Crippen LogP contribution < -0.4 is 18.9 Å². The summed E-state index contributed by atoms with van der Waals surface area (Å²) in [7, 11) is 6.21. The highest BCUT2D eigenvalue weighted by atomic mass is 16.5. The molecular formula is C38H42O12. The number of aromatic hydroxyl groups is 4. The molecule has 2 atom stereocenters. The van der Waals surface area contributed by atoms with Crippen LogP contribution in [-0.2, 0) is 22.3 Å². The minimum absolute atomic E-state index is 0.00583. The number of hydrogen-bond donors (Lipinski definition) is 4. The van der Waals surface area contributed by atoms with Crippen LogP contribution in [0.2, 0.25) is 0 Å². The standard InChI is InChI=1S/C38H42O12/c1-45-33-9-7-23(14-35(33)47-3)12-25(6-5-11-49-37(43)26-16-29(39)20-30(40)17-26)28(13-24-8-10-34(46-2)36(15-24)48-4)22-50-38(44)27-18-31(41)21-32(42)19-27/h7-10,14-21,25,28,39-42H,5-6,11-13,22H2,1-4H3/t25-,28+/m0/s1. The van der Waals surface area contributed by atoms with Crippen LogP contribution >= 0.6 is 0 Å². The number of rotatable bonds is 17. The molecule has 12 heteroatoms. The number of methoxy groups -OCH3 is 4. The van der Waals surface area contributed by atoms with Gasteiger partial charge >= 0.3 is 11.9 Å². The van der Waals surface area contributed by atoms with Gasteiger partial charge in [0.25, 0.3) is 0 Å². The van der Waals surface area contributed by atoms with Gasteiger partial charge in [-0.2, -0.15) is 0 Å². The third-order valence-electron chi connectivity index (χ3n) is 8.22. The van der Waals surface area contributed by atoms with Crippen molar-refractivity contribution in [2.45, 2.75) is 25.7 Å². The number of ether oxygens (including phenoxy) is 6. The van der Waals surface area contributed by atoms with E-state index in [1.807, 2.05) is 30.3 Å². The average molecular weight is 691 g/mol. The fraction of sp³-hybridized carbons (Fsp3) is 0.316. The largest absolute Gasteiger partial charge is 0.508 e. The Morgan fingerprint density at radius 2 is 0.960 bits per heavy atom. The Kier molecular flexibility index (Phi) is 13.0. The quantitative estimate of drug-likeness (QED) is 0.0748. The van der Waals surface area contributed by atoms with Crippen LogP contribution in [0.5, 0.6) is 46.0 Å². The van der Waals surface area contributed by atoms with Crippen molar-refractivity contribution < 1.29 is 58.4 Å². The molecule has 0 bridgehead atoms. The molecule has 4 aromatic carbocycles. The summed E-state index contributed by atoms with van der Waals surface area (Å²) in [6.45, 7) is 0.0209. The van der Waals surface area contributed by atoms with E-state index >= 15 is 0 Å². The van der Waals surface area contributed by atoms with Gasteiger partial charge in [-0.15, -0.1) is 0 Å². The highest BCUT2D eigenvalue weighted by Crippen LogP contribution is 2.34. The van der Waals surface area contributed by atoms with Gasteiger partial charge in [-0.1, -0.05) is 12.1 Å². The van der Waals surface area contributed by atoms with Gasteiger partial charge in [-0.05, 0) is 91.3 Å². The second kappa shape index (κ2) is 17.6. The molecule has 50 heavy (non-hydrogen) atoms. The van der Waals surface area contributed by atoms with Gasteiger partial charge in [0.05, 0.1) is 52.8 Å². The molecule has 0 radical (unpaired) electrons. The van der Waals surface area contributed by atoms with Crippen LogP contribution in [0.15, 0.2) is 72.8 Å². The summed E-state index contributed by atoms with van der Waals surface area (Å²) >= 11 is 0. The van der Waals surface area contributed by atoms with Crippen molar-refractivity contribution in [3.63, 3.8) is 0 Å². The van der Waals surface area contributed by atoms with E-state index in [9.17, 15) is 30.0 Å². The molecule has 0 aromatic heterocycles. The monoisotopic (exact) mass is 690 g/mol. The molecule has 12 nitrogen and oxygen atoms in total. The molecule has 0 unspecified atom stereocenters. The molecule has 0 saturated carbocycles. The van der Waals surface area contributed by atoms with E-state index in [2.05, 4.69) is 0 Å². The van der Waals surface area contributed by atoms with E-state index in [0.717, 1.165) is 23.3 Å². The topological polar surface area (TPSA) is 170 Å². The van der Waals surface area contributed by atoms with Gasteiger partial charge in [0.15, 0.2) is 23.0 Å². The van der Waals surface area contributed by atoms with Crippen LogP contribution in [0.3, 0.4) is 0 Å².